The van der Waals surface area contributed by atoms with E-state index in [1.807, 2.05) is 6.92 Å². The molecule has 0 aromatic heterocycles. The standard InChI is InChI=1S/C8H7BO2/c1-5-2-3-6(8(10)11)4-7(5)9/h2-4H,1H3,(H,10,11). The zero-order chi connectivity index (χ0) is 8.43. The molecule has 0 aliphatic carbocycles. The van der Waals surface area contributed by atoms with Crippen molar-refractivity contribution in [2.75, 3.05) is 0 Å². The van der Waals surface area contributed by atoms with E-state index in [1.165, 1.54) is 12.1 Å². The van der Waals surface area contributed by atoms with Crippen LogP contribution in [-0.4, -0.2) is 18.9 Å². The van der Waals surface area contributed by atoms with Crippen molar-refractivity contribution in [2.45, 2.75) is 6.92 Å². The molecule has 0 atom stereocenters. The van der Waals surface area contributed by atoms with E-state index in [2.05, 4.69) is 0 Å². The summed E-state index contributed by atoms with van der Waals surface area (Å²) in [5, 5.41) is 8.54. The molecule has 0 saturated carbocycles. The highest BCUT2D eigenvalue weighted by molar-refractivity contribution is 6.33. The molecule has 1 N–H and O–H groups in total. The van der Waals surface area contributed by atoms with Crippen LogP contribution in [-0.2, 0) is 0 Å². The van der Waals surface area contributed by atoms with Crippen LogP contribution in [0.5, 0.6) is 0 Å². The summed E-state index contributed by atoms with van der Waals surface area (Å²) >= 11 is 0. The number of rotatable bonds is 1. The van der Waals surface area contributed by atoms with Gasteiger partial charge < -0.3 is 5.11 Å². The van der Waals surface area contributed by atoms with Crippen LogP contribution in [0.3, 0.4) is 0 Å². The molecule has 2 radical (unpaired) electrons. The molecular formula is C8H7BO2. The predicted molar refractivity (Wildman–Crippen MR) is 43.5 cm³/mol. The second-order valence-corrected chi connectivity index (χ2v) is 2.38. The fourth-order valence-electron chi connectivity index (χ4n) is 0.774. The largest absolute Gasteiger partial charge is 0.478 e. The van der Waals surface area contributed by atoms with Crippen molar-refractivity contribution in [1.29, 1.82) is 0 Å². The van der Waals surface area contributed by atoms with E-state index in [4.69, 9.17) is 13.0 Å². The smallest absolute Gasteiger partial charge is 0.335 e. The number of aromatic carboxylic acids is 1. The molecule has 0 amide bonds. The summed E-state index contributed by atoms with van der Waals surface area (Å²) in [6.07, 6.45) is 0. The van der Waals surface area contributed by atoms with E-state index in [1.54, 1.807) is 6.07 Å². The van der Waals surface area contributed by atoms with E-state index in [0.717, 1.165) is 5.56 Å². The molecular weight excluding hydrogens is 139 g/mol. The van der Waals surface area contributed by atoms with Crippen molar-refractivity contribution in [3.05, 3.63) is 29.3 Å². The number of carboxylic acids is 1. The molecule has 0 fully saturated rings. The highest BCUT2D eigenvalue weighted by Crippen LogP contribution is 1.99. The zero-order valence-electron chi connectivity index (χ0n) is 6.16. The summed E-state index contributed by atoms with van der Waals surface area (Å²) in [5.41, 5.74) is 1.65. The first-order valence-electron chi connectivity index (χ1n) is 3.20. The molecule has 0 saturated heterocycles. The van der Waals surface area contributed by atoms with Crippen LogP contribution in [0.25, 0.3) is 0 Å². The average molecular weight is 146 g/mol. The van der Waals surface area contributed by atoms with Crippen molar-refractivity contribution in [3.8, 4) is 0 Å². The number of carbonyl (C=O) groups is 1. The van der Waals surface area contributed by atoms with Crippen LogP contribution >= 0.6 is 0 Å². The molecule has 0 aliphatic rings. The first-order valence-corrected chi connectivity index (χ1v) is 3.20. The zero-order valence-corrected chi connectivity index (χ0v) is 6.16. The van der Waals surface area contributed by atoms with E-state index >= 15 is 0 Å². The van der Waals surface area contributed by atoms with Crippen molar-refractivity contribution in [2.24, 2.45) is 0 Å². The molecule has 0 unspecified atom stereocenters. The Bertz CT molecular complexity index is 294. The Balaban J connectivity index is 3.15. The predicted octanol–water partition coefficient (Wildman–Crippen LogP) is 0.487. The highest BCUT2D eigenvalue weighted by atomic mass is 16.4. The molecule has 1 rings (SSSR count). The summed E-state index contributed by atoms with van der Waals surface area (Å²) in [6.45, 7) is 1.83. The Morgan fingerprint density at radius 1 is 1.55 bits per heavy atom. The van der Waals surface area contributed by atoms with Gasteiger partial charge in [0, 0.05) is 0 Å². The Kier molecular flexibility index (Phi) is 1.99. The first kappa shape index (κ1) is 7.86. The third-order valence-corrected chi connectivity index (χ3v) is 1.53. The minimum atomic E-state index is -0.948. The maximum atomic E-state index is 10.4. The van der Waals surface area contributed by atoms with Crippen molar-refractivity contribution < 1.29 is 9.90 Å². The van der Waals surface area contributed by atoms with Crippen LogP contribution in [0.1, 0.15) is 15.9 Å². The fraction of sp³-hybridized carbons (Fsp3) is 0.125. The molecule has 11 heavy (non-hydrogen) atoms. The molecule has 1 aromatic carbocycles. The topological polar surface area (TPSA) is 37.3 Å². The van der Waals surface area contributed by atoms with Crippen molar-refractivity contribution in [1.82, 2.24) is 0 Å². The second-order valence-electron chi connectivity index (χ2n) is 2.38. The van der Waals surface area contributed by atoms with Crippen LogP contribution < -0.4 is 5.46 Å². The van der Waals surface area contributed by atoms with Crippen LogP contribution in [0.4, 0.5) is 0 Å². The quantitative estimate of drug-likeness (QED) is 0.585. The van der Waals surface area contributed by atoms with Gasteiger partial charge in [-0.25, -0.2) is 4.79 Å². The van der Waals surface area contributed by atoms with Crippen molar-refractivity contribution >= 4 is 19.3 Å². The van der Waals surface area contributed by atoms with Gasteiger partial charge >= 0.3 is 5.97 Å². The minimum Gasteiger partial charge on any atom is -0.478 e. The number of carboxylic acid groups (broad SMARTS) is 1. The van der Waals surface area contributed by atoms with Gasteiger partial charge in [-0.2, -0.15) is 0 Å². The lowest BCUT2D eigenvalue weighted by Gasteiger charge is -2.00. The highest BCUT2D eigenvalue weighted by Gasteiger charge is 2.01. The monoisotopic (exact) mass is 146 g/mol. The van der Waals surface area contributed by atoms with Crippen LogP contribution in [0, 0.1) is 6.92 Å². The number of hydrogen-bond donors (Lipinski definition) is 1. The fourth-order valence-corrected chi connectivity index (χ4v) is 0.774. The van der Waals surface area contributed by atoms with Gasteiger partial charge in [0.05, 0.1) is 5.56 Å². The SMILES string of the molecule is [B]c1cc(C(=O)O)ccc1C. The van der Waals surface area contributed by atoms with Gasteiger partial charge in [-0.05, 0) is 13.0 Å². The van der Waals surface area contributed by atoms with Gasteiger partial charge in [0.1, 0.15) is 7.85 Å². The van der Waals surface area contributed by atoms with Gasteiger partial charge in [-0.3, -0.25) is 0 Å². The minimum absolute atomic E-state index is 0.230. The van der Waals surface area contributed by atoms with Gasteiger partial charge in [0.25, 0.3) is 0 Å². The molecule has 1 aromatic rings. The number of benzene rings is 1. The Morgan fingerprint density at radius 2 is 2.18 bits per heavy atom. The van der Waals surface area contributed by atoms with E-state index in [9.17, 15) is 4.79 Å². The molecule has 0 heterocycles. The number of aryl methyl sites for hydroxylation is 1. The van der Waals surface area contributed by atoms with Gasteiger partial charge in [0.2, 0.25) is 0 Å². The van der Waals surface area contributed by atoms with Gasteiger partial charge in [-0.1, -0.05) is 23.2 Å². The molecule has 2 nitrogen and oxygen atoms in total. The Labute approximate surface area is 66.3 Å². The summed E-state index contributed by atoms with van der Waals surface area (Å²) in [5.74, 6) is -0.948. The molecule has 3 heteroatoms. The van der Waals surface area contributed by atoms with Crippen molar-refractivity contribution in [3.63, 3.8) is 0 Å². The molecule has 54 valence electrons. The van der Waals surface area contributed by atoms with E-state index in [0.29, 0.717) is 5.46 Å². The Hall–Kier alpha value is -1.25. The Morgan fingerprint density at radius 3 is 2.64 bits per heavy atom. The second kappa shape index (κ2) is 2.78. The normalized spacial score (nSPS) is 9.55. The van der Waals surface area contributed by atoms with Gasteiger partial charge in [-0.15, -0.1) is 0 Å². The maximum Gasteiger partial charge on any atom is 0.335 e. The average Bonchev–Trinajstić information content (AvgIpc) is 1.94. The van der Waals surface area contributed by atoms with E-state index in [-0.39, 0.29) is 5.56 Å². The summed E-state index contributed by atoms with van der Waals surface area (Å²) < 4.78 is 0. The maximum absolute atomic E-state index is 10.4. The molecule has 0 aliphatic heterocycles. The number of hydrogen-bond acceptors (Lipinski definition) is 1. The van der Waals surface area contributed by atoms with Gasteiger partial charge in [0.15, 0.2) is 0 Å². The van der Waals surface area contributed by atoms with Crippen LogP contribution in [0.2, 0.25) is 0 Å². The third kappa shape index (κ3) is 1.61. The summed E-state index contributed by atoms with van der Waals surface area (Å²) in [6, 6.07) is 4.68. The summed E-state index contributed by atoms with van der Waals surface area (Å²) in [4.78, 5) is 10.4. The first-order chi connectivity index (χ1) is 5.11. The lowest BCUT2D eigenvalue weighted by Crippen LogP contribution is -2.10. The third-order valence-electron chi connectivity index (χ3n) is 1.53. The summed E-state index contributed by atoms with van der Waals surface area (Å²) in [7, 11) is 5.50. The lowest BCUT2D eigenvalue weighted by atomic mass is 9.90. The molecule has 0 bridgehead atoms. The van der Waals surface area contributed by atoms with E-state index < -0.39 is 5.97 Å². The molecule has 0 spiro atoms. The lowest BCUT2D eigenvalue weighted by molar-refractivity contribution is 0.0697. The van der Waals surface area contributed by atoms with Crippen LogP contribution in [0.15, 0.2) is 18.2 Å².